The quantitative estimate of drug-likeness (QED) is 0.776. The molecule has 0 aliphatic heterocycles. The van der Waals surface area contributed by atoms with Crippen molar-refractivity contribution in [2.24, 2.45) is 5.73 Å². The van der Waals surface area contributed by atoms with E-state index in [2.05, 4.69) is 21.7 Å². The lowest BCUT2D eigenvalue weighted by Gasteiger charge is -2.09. The summed E-state index contributed by atoms with van der Waals surface area (Å²) in [5.41, 5.74) is 7.03. The van der Waals surface area contributed by atoms with E-state index in [1.165, 1.54) is 5.56 Å². The zero-order valence-electron chi connectivity index (χ0n) is 11.3. The molecule has 1 heterocycles. The van der Waals surface area contributed by atoms with Crippen molar-refractivity contribution in [2.75, 3.05) is 6.61 Å². The average molecular weight is 259 g/mol. The molecule has 1 unspecified atom stereocenters. The molecule has 2 aromatic rings. The minimum absolute atomic E-state index is 0.177. The normalized spacial score (nSPS) is 12.3. The Kier molecular flexibility index (Phi) is 4.98. The van der Waals surface area contributed by atoms with Gasteiger partial charge in [0.05, 0.1) is 12.9 Å². The van der Waals surface area contributed by atoms with Crippen molar-refractivity contribution in [3.63, 3.8) is 0 Å². The first-order valence-electron chi connectivity index (χ1n) is 6.67. The Balaban J connectivity index is 1.76. The van der Waals surface area contributed by atoms with E-state index in [-0.39, 0.29) is 6.04 Å². The summed E-state index contributed by atoms with van der Waals surface area (Å²) < 4.78 is 7.80. The summed E-state index contributed by atoms with van der Waals surface area (Å²) in [7, 11) is 0. The second-order valence-electron chi connectivity index (χ2n) is 4.83. The fraction of sp³-hybridized carbons (Fsp3) is 0.400. The second kappa shape index (κ2) is 6.95. The summed E-state index contributed by atoms with van der Waals surface area (Å²) in [6.07, 6.45) is 7.42. The lowest BCUT2D eigenvalue weighted by atomic mass is 10.1. The molecule has 0 aliphatic rings. The van der Waals surface area contributed by atoms with Gasteiger partial charge in [0, 0.05) is 25.0 Å². The molecule has 1 aromatic carbocycles. The van der Waals surface area contributed by atoms with E-state index in [4.69, 9.17) is 10.5 Å². The van der Waals surface area contributed by atoms with Gasteiger partial charge < -0.3 is 15.0 Å². The molecule has 0 bridgehead atoms. The van der Waals surface area contributed by atoms with E-state index in [1.807, 2.05) is 31.6 Å². The molecule has 0 amide bonds. The van der Waals surface area contributed by atoms with Crippen molar-refractivity contribution in [1.29, 1.82) is 0 Å². The van der Waals surface area contributed by atoms with Crippen LogP contribution in [-0.4, -0.2) is 22.2 Å². The minimum Gasteiger partial charge on any atom is -0.494 e. The summed E-state index contributed by atoms with van der Waals surface area (Å²) in [4.78, 5) is 4.01. The van der Waals surface area contributed by atoms with Gasteiger partial charge >= 0.3 is 0 Å². The predicted molar refractivity (Wildman–Crippen MR) is 76.1 cm³/mol. The van der Waals surface area contributed by atoms with Crippen LogP contribution in [-0.2, 0) is 13.0 Å². The number of aryl methyl sites for hydroxylation is 1. The van der Waals surface area contributed by atoms with Gasteiger partial charge in [0.25, 0.3) is 0 Å². The summed E-state index contributed by atoms with van der Waals surface area (Å²) in [5.74, 6) is 0.920. The van der Waals surface area contributed by atoms with Crippen LogP contribution in [0.15, 0.2) is 43.0 Å². The van der Waals surface area contributed by atoms with E-state index in [0.717, 1.165) is 25.1 Å². The number of ether oxygens (including phenoxy) is 1. The van der Waals surface area contributed by atoms with Crippen LogP contribution in [0.3, 0.4) is 0 Å². The topological polar surface area (TPSA) is 53.1 Å². The third-order valence-corrected chi connectivity index (χ3v) is 2.84. The summed E-state index contributed by atoms with van der Waals surface area (Å²) in [6.45, 7) is 3.65. The number of hydrogen-bond donors (Lipinski definition) is 1. The Morgan fingerprint density at radius 2 is 2.32 bits per heavy atom. The molecule has 4 heteroatoms. The Bertz CT molecular complexity index is 480. The van der Waals surface area contributed by atoms with E-state index in [0.29, 0.717) is 6.61 Å². The molecule has 2 N–H and O–H groups in total. The first kappa shape index (κ1) is 13.6. The van der Waals surface area contributed by atoms with Gasteiger partial charge in [-0.3, -0.25) is 0 Å². The van der Waals surface area contributed by atoms with Gasteiger partial charge in [-0.05, 0) is 37.5 Å². The Labute approximate surface area is 114 Å². The third kappa shape index (κ3) is 4.75. The molecule has 0 saturated carbocycles. The molecule has 0 aliphatic carbocycles. The molecule has 0 fully saturated rings. The molecule has 1 atom stereocenters. The van der Waals surface area contributed by atoms with Gasteiger partial charge in [0.1, 0.15) is 5.75 Å². The highest BCUT2D eigenvalue weighted by molar-refractivity contribution is 5.28. The molecular formula is C15H21N3O. The van der Waals surface area contributed by atoms with Gasteiger partial charge in [-0.25, -0.2) is 4.98 Å². The van der Waals surface area contributed by atoms with Crippen molar-refractivity contribution in [2.45, 2.75) is 32.4 Å². The zero-order chi connectivity index (χ0) is 13.5. The van der Waals surface area contributed by atoms with Crippen molar-refractivity contribution in [3.8, 4) is 5.75 Å². The SMILES string of the molecule is CC(N)Cc1cccc(OCCCn2ccnc2)c1. The van der Waals surface area contributed by atoms with Crippen molar-refractivity contribution in [3.05, 3.63) is 48.5 Å². The summed E-state index contributed by atoms with van der Waals surface area (Å²) in [6, 6.07) is 8.34. The summed E-state index contributed by atoms with van der Waals surface area (Å²) in [5, 5.41) is 0. The highest BCUT2D eigenvalue weighted by atomic mass is 16.5. The third-order valence-electron chi connectivity index (χ3n) is 2.84. The first-order chi connectivity index (χ1) is 9.24. The number of hydrogen-bond acceptors (Lipinski definition) is 3. The van der Waals surface area contributed by atoms with E-state index >= 15 is 0 Å². The lowest BCUT2D eigenvalue weighted by Crippen LogP contribution is -2.17. The highest BCUT2D eigenvalue weighted by Crippen LogP contribution is 2.14. The van der Waals surface area contributed by atoms with Gasteiger partial charge in [0.2, 0.25) is 0 Å². The maximum Gasteiger partial charge on any atom is 0.119 e. The molecule has 102 valence electrons. The van der Waals surface area contributed by atoms with E-state index < -0.39 is 0 Å². The Morgan fingerprint density at radius 3 is 3.05 bits per heavy atom. The Hall–Kier alpha value is -1.81. The van der Waals surface area contributed by atoms with Crippen LogP contribution in [0.25, 0.3) is 0 Å². The smallest absolute Gasteiger partial charge is 0.119 e. The van der Waals surface area contributed by atoms with Crippen LogP contribution in [0.1, 0.15) is 18.9 Å². The highest BCUT2D eigenvalue weighted by Gasteiger charge is 2.00. The van der Waals surface area contributed by atoms with Crippen LogP contribution >= 0.6 is 0 Å². The molecule has 2 rings (SSSR count). The number of nitrogens with zero attached hydrogens (tertiary/aromatic N) is 2. The fourth-order valence-electron chi connectivity index (χ4n) is 1.99. The second-order valence-corrected chi connectivity index (χ2v) is 4.83. The summed E-state index contributed by atoms with van der Waals surface area (Å²) >= 11 is 0. The van der Waals surface area contributed by atoms with Gasteiger partial charge in [0.15, 0.2) is 0 Å². The van der Waals surface area contributed by atoms with Crippen molar-refractivity contribution in [1.82, 2.24) is 9.55 Å². The molecular weight excluding hydrogens is 238 g/mol. The monoisotopic (exact) mass is 259 g/mol. The van der Waals surface area contributed by atoms with Gasteiger partial charge in [-0.2, -0.15) is 0 Å². The fourth-order valence-corrected chi connectivity index (χ4v) is 1.99. The van der Waals surface area contributed by atoms with Gasteiger partial charge in [-0.15, -0.1) is 0 Å². The standard InChI is InChI=1S/C15H21N3O/c1-13(16)10-14-4-2-5-15(11-14)19-9-3-7-18-8-6-17-12-18/h2,4-6,8,11-13H,3,7,9-10,16H2,1H3. The molecule has 1 aromatic heterocycles. The zero-order valence-corrected chi connectivity index (χ0v) is 11.3. The largest absolute Gasteiger partial charge is 0.494 e. The molecule has 0 spiro atoms. The number of imidazole rings is 1. The predicted octanol–water partition coefficient (Wildman–Crippen LogP) is 2.24. The van der Waals surface area contributed by atoms with Crippen LogP contribution < -0.4 is 10.5 Å². The van der Waals surface area contributed by atoms with E-state index in [9.17, 15) is 0 Å². The number of nitrogens with two attached hydrogens (primary N) is 1. The maximum absolute atomic E-state index is 5.80. The molecule has 0 radical (unpaired) electrons. The molecule has 0 saturated heterocycles. The van der Waals surface area contributed by atoms with Crippen molar-refractivity contribution >= 4 is 0 Å². The van der Waals surface area contributed by atoms with Crippen molar-refractivity contribution < 1.29 is 4.74 Å². The minimum atomic E-state index is 0.177. The molecule has 4 nitrogen and oxygen atoms in total. The van der Waals surface area contributed by atoms with Crippen LogP contribution in [0, 0.1) is 0 Å². The van der Waals surface area contributed by atoms with E-state index in [1.54, 1.807) is 6.20 Å². The first-order valence-corrected chi connectivity index (χ1v) is 6.67. The number of rotatable bonds is 7. The van der Waals surface area contributed by atoms with Crippen LogP contribution in [0.4, 0.5) is 0 Å². The molecule has 19 heavy (non-hydrogen) atoms. The maximum atomic E-state index is 5.80. The number of aromatic nitrogens is 2. The van der Waals surface area contributed by atoms with Crippen LogP contribution in [0.2, 0.25) is 0 Å². The lowest BCUT2D eigenvalue weighted by molar-refractivity contribution is 0.301. The average Bonchev–Trinajstić information content (AvgIpc) is 2.87. The van der Waals surface area contributed by atoms with Gasteiger partial charge in [-0.1, -0.05) is 12.1 Å². The van der Waals surface area contributed by atoms with Crippen LogP contribution in [0.5, 0.6) is 5.75 Å². The Morgan fingerprint density at radius 1 is 1.42 bits per heavy atom. The number of benzene rings is 1.